The Labute approximate surface area is 79.4 Å². The number of carbonyl (C=O) groups excluding carboxylic acids is 1. The minimum Gasteiger partial charge on any atom is -0.357 e. The third kappa shape index (κ3) is 1.49. The summed E-state index contributed by atoms with van der Waals surface area (Å²) in [6.45, 7) is 0. The number of nitro groups is 1. The summed E-state index contributed by atoms with van der Waals surface area (Å²) in [6, 6.07) is 6.01. The van der Waals surface area contributed by atoms with Crippen LogP contribution in [0.1, 0.15) is 11.7 Å². The van der Waals surface area contributed by atoms with Crippen molar-refractivity contribution in [1.29, 1.82) is 0 Å². The molecule has 0 unspecified atom stereocenters. The highest BCUT2D eigenvalue weighted by atomic mass is 16.6. The molecule has 2 rings (SSSR count). The molecular formula is C9H7NO4. The first-order valence-electron chi connectivity index (χ1n) is 4.07. The molecule has 5 nitrogen and oxygen atoms in total. The fourth-order valence-electron chi connectivity index (χ4n) is 1.28. The lowest BCUT2D eigenvalue weighted by molar-refractivity contribution is -0.384. The van der Waals surface area contributed by atoms with Crippen LogP contribution in [0.15, 0.2) is 24.3 Å². The lowest BCUT2D eigenvalue weighted by Gasteiger charge is -1.94. The average molecular weight is 193 g/mol. The Morgan fingerprint density at radius 1 is 1.36 bits per heavy atom. The highest BCUT2D eigenvalue weighted by molar-refractivity contribution is 5.62. The van der Waals surface area contributed by atoms with E-state index in [4.69, 9.17) is 4.74 Å². The van der Waals surface area contributed by atoms with Crippen LogP contribution < -0.4 is 0 Å². The minimum absolute atomic E-state index is 0.0389. The zero-order valence-electron chi connectivity index (χ0n) is 7.12. The van der Waals surface area contributed by atoms with E-state index in [-0.39, 0.29) is 17.9 Å². The van der Waals surface area contributed by atoms with E-state index in [1.807, 2.05) is 0 Å². The van der Waals surface area contributed by atoms with Crippen molar-refractivity contribution in [2.75, 3.05) is 0 Å². The smallest absolute Gasteiger partial charge is 0.269 e. The molecule has 5 heteroatoms. The number of benzene rings is 1. The standard InChI is InChI=1S/C9H7NO4/c11-5-8-9(14-8)6-1-3-7(4-2-6)10(12)13/h1-5,8-9H/t8-,9-/m0/s1. The SMILES string of the molecule is O=C[C@@H]1O[C@H]1c1ccc([N+](=O)[O-])cc1. The number of nitro benzene ring substituents is 1. The number of aldehydes is 1. The fraction of sp³-hybridized carbons (Fsp3) is 0.222. The predicted octanol–water partition coefficient (Wildman–Crippen LogP) is 1.23. The highest BCUT2D eigenvalue weighted by Gasteiger charge is 2.39. The van der Waals surface area contributed by atoms with Gasteiger partial charge >= 0.3 is 0 Å². The Morgan fingerprint density at radius 3 is 2.43 bits per heavy atom. The lowest BCUT2D eigenvalue weighted by atomic mass is 10.1. The number of epoxide rings is 1. The summed E-state index contributed by atoms with van der Waals surface area (Å²) in [5, 5.41) is 10.3. The van der Waals surface area contributed by atoms with Crippen molar-refractivity contribution < 1.29 is 14.5 Å². The van der Waals surface area contributed by atoms with Crippen LogP contribution in [0.3, 0.4) is 0 Å². The fourth-order valence-corrected chi connectivity index (χ4v) is 1.28. The second-order valence-corrected chi connectivity index (χ2v) is 3.01. The van der Waals surface area contributed by atoms with E-state index in [9.17, 15) is 14.9 Å². The van der Waals surface area contributed by atoms with E-state index in [0.29, 0.717) is 0 Å². The van der Waals surface area contributed by atoms with Gasteiger partial charge < -0.3 is 9.53 Å². The molecule has 0 radical (unpaired) electrons. The molecule has 72 valence electrons. The Morgan fingerprint density at radius 2 is 2.00 bits per heavy atom. The van der Waals surface area contributed by atoms with E-state index in [2.05, 4.69) is 0 Å². The quantitative estimate of drug-likeness (QED) is 0.313. The number of nitrogens with zero attached hydrogens (tertiary/aromatic N) is 1. The van der Waals surface area contributed by atoms with E-state index >= 15 is 0 Å². The van der Waals surface area contributed by atoms with Crippen molar-refractivity contribution in [3.8, 4) is 0 Å². The summed E-state index contributed by atoms with van der Waals surface area (Å²) in [4.78, 5) is 20.2. The first-order chi connectivity index (χ1) is 6.72. The van der Waals surface area contributed by atoms with Crippen LogP contribution in [0.5, 0.6) is 0 Å². The predicted molar refractivity (Wildman–Crippen MR) is 46.8 cm³/mol. The Balaban J connectivity index is 2.15. The summed E-state index contributed by atoms with van der Waals surface area (Å²) >= 11 is 0. The molecule has 2 atom stereocenters. The monoisotopic (exact) mass is 193 g/mol. The van der Waals surface area contributed by atoms with Gasteiger partial charge in [0, 0.05) is 12.1 Å². The Kier molecular flexibility index (Phi) is 2.01. The first-order valence-corrected chi connectivity index (χ1v) is 4.07. The molecule has 1 aromatic rings. The molecule has 14 heavy (non-hydrogen) atoms. The van der Waals surface area contributed by atoms with Gasteiger partial charge in [0.05, 0.1) is 4.92 Å². The second kappa shape index (κ2) is 3.19. The number of rotatable bonds is 3. The third-order valence-corrected chi connectivity index (χ3v) is 2.09. The molecule has 0 saturated carbocycles. The summed E-state index contributed by atoms with van der Waals surface area (Å²) in [5.41, 5.74) is 0.838. The van der Waals surface area contributed by atoms with Crippen LogP contribution >= 0.6 is 0 Å². The molecule has 0 N–H and O–H groups in total. The van der Waals surface area contributed by atoms with E-state index in [0.717, 1.165) is 11.8 Å². The van der Waals surface area contributed by atoms with Crippen LogP contribution in [0, 0.1) is 10.1 Å². The van der Waals surface area contributed by atoms with Gasteiger partial charge in [0.25, 0.3) is 5.69 Å². The highest BCUT2D eigenvalue weighted by Crippen LogP contribution is 2.37. The van der Waals surface area contributed by atoms with E-state index in [1.54, 1.807) is 12.1 Å². The van der Waals surface area contributed by atoms with Crippen molar-refractivity contribution in [1.82, 2.24) is 0 Å². The van der Waals surface area contributed by atoms with Gasteiger partial charge in [0.2, 0.25) is 0 Å². The lowest BCUT2D eigenvalue weighted by Crippen LogP contribution is -1.91. The summed E-state index contributed by atoms with van der Waals surface area (Å²) < 4.78 is 5.01. The van der Waals surface area contributed by atoms with Crippen molar-refractivity contribution in [2.45, 2.75) is 12.2 Å². The van der Waals surface area contributed by atoms with Gasteiger partial charge in [-0.1, -0.05) is 0 Å². The van der Waals surface area contributed by atoms with Gasteiger partial charge in [-0.15, -0.1) is 0 Å². The van der Waals surface area contributed by atoms with Gasteiger partial charge in [-0.2, -0.15) is 0 Å². The van der Waals surface area contributed by atoms with Gasteiger partial charge in [0.15, 0.2) is 6.29 Å². The molecule has 0 aromatic heterocycles. The van der Waals surface area contributed by atoms with Crippen molar-refractivity contribution in [3.05, 3.63) is 39.9 Å². The maximum Gasteiger partial charge on any atom is 0.269 e. The van der Waals surface area contributed by atoms with Gasteiger partial charge in [0.1, 0.15) is 12.2 Å². The average Bonchev–Trinajstić information content (AvgIpc) is 2.97. The maximum absolute atomic E-state index is 10.3. The van der Waals surface area contributed by atoms with Crippen molar-refractivity contribution in [3.63, 3.8) is 0 Å². The number of hydrogen-bond acceptors (Lipinski definition) is 4. The van der Waals surface area contributed by atoms with E-state index < -0.39 is 4.92 Å². The Bertz CT molecular complexity index is 373. The first kappa shape index (κ1) is 8.83. The zero-order valence-corrected chi connectivity index (χ0v) is 7.12. The molecule has 1 heterocycles. The normalized spacial score (nSPS) is 24.3. The molecule has 1 aliphatic rings. The van der Waals surface area contributed by atoms with Crippen LogP contribution in [0.25, 0.3) is 0 Å². The molecule has 0 amide bonds. The van der Waals surface area contributed by atoms with Crippen LogP contribution in [-0.4, -0.2) is 17.3 Å². The molecule has 0 bridgehead atoms. The van der Waals surface area contributed by atoms with Gasteiger partial charge in [-0.3, -0.25) is 10.1 Å². The number of ether oxygens (including phenoxy) is 1. The second-order valence-electron chi connectivity index (χ2n) is 3.01. The minimum atomic E-state index is -0.464. The molecule has 0 aliphatic carbocycles. The molecule has 1 aromatic carbocycles. The number of hydrogen-bond donors (Lipinski definition) is 0. The Hall–Kier alpha value is -1.75. The van der Waals surface area contributed by atoms with Crippen molar-refractivity contribution in [2.24, 2.45) is 0 Å². The molecule has 1 fully saturated rings. The summed E-state index contributed by atoms with van der Waals surface area (Å²) in [5.74, 6) is 0. The maximum atomic E-state index is 10.3. The third-order valence-electron chi connectivity index (χ3n) is 2.09. The summed E-state index contributed by atoms with van der Waals surface area (Å²) in [7, 11) is 0. The van der Waals surface area contributed by atoms with Crippen LogP contribution in [0.2, 0.25) is 0 Å². The van der Waals surface area contributed by atoms with Crippen LogP contribution in [0.4, 0.5) is 5.69 Å². The van der Waals surface area contributed by atoms with Gasteiger partial charge in [-0.25, -0.2) is 0 Å². The molecule has 0 spiro atoms. The molecule has 1 saturated heterocycles. The molecule has 1 aliphatic heterocycles. The van der Waals surface area contributed by atoms with Gasteiger partial charge in [-0.05, 0) is 17.7 Å². The number of carbonyl (C=O) groups is 1. The van der Waals surface area contributed by atoms with E-state index in [1.165, 1.54) is 12.1 Å². The van der Waals surface area contributed by atoms with Crippen LogP contribution in [-0.2, 0) is 9.53 Å². The largest absolute Gasteiger partial charge is 0.357 e. The van der Waals surface area contributed by atoms with Crippen molar-refractivity contribution >= 4 is 12.0 Å². The number of non-ortho nitro benzene ring substituents is 1. The zero-order chi connectivity index (χ0) is 10.1. The topological polar surface area (TPSA) is 72.7 Å². The molecular weight excluding hydrogens is 186 g/mol. The summed E-state index contributed by atoms with van der Waals surface area (Å²) in [6.07, 6.45) is 0.135.